The van der Waals surface area contributed by atoms with E-state index < -0.39 is 0 Å². The molecule has 0 bridgehead atoms. The molecule has 2 amide bonds. The van der Waals surface area contributed by atoms with Crippen molar-refractivity contribution in [1.82, 2.24) is 14.7 Å². The molecule has 2 fully saturated rings. The summed E-state index contributed by atoms with van der Waals surface area (Å²) in [5.74, 6) is 0.991. The van der Waals surface area contributed by atoms with E-state index in [1.807, 2.05) is 27.3 Å². The van der Waals surface area contributed by atoms with E-state index >= 15 is 0 Å². The first-order valence-corrected chi connectivity index (χ1v) is 10.3. The molecule has 0 spiro atoms. The van der Waals surface area contributed by atoms with Crippen molar-refractivity contribution in [2.45, 2.75) is 32.1 Å². The Hall–Kier alpha value is -1.40. The Morgan fingerprint density at radius 3 is 2.64 bits per heavy atom. The van der Waals surface area contributed by atoms with E-state index in [0.717, 1.165) is 63.4 Å². The number of rotatable bonds is 5. The van der Waals surface area contributed by atoms with Crippen molar-refractivity contribution >= 4 is 23.2 Å². The van der Waals surface area contributed by atoms with E-state index in [9.17, 15) is 9.59 Å². The number of carbonyl (C=O) groups excluding carboxylic acids is 2. The normalized spacial score (nSPS) is 22.2. The molecule has 1 atom stereocenters. The van der Waals surface area contributed by atoms with E-state index in [1.165, 1.54) is 0 Å². The Morgan fingerprint density at radius 1 is 1.12 bits per heavy atom. The van der Waals surface area contributed by atoms with Gasteiger partial charge in [-0.3, -0.25) is 9.59 Å². The van der Waals surface area contributed by atoms with Gasteiger partial charge in [0.15, 0.2) is 0 Å². The number of hydrogen-bond donors (Lipinski definition) is 0. The largest absolute Gasteiger partial charge is 0.342 e. The van der Waals surface area contributed by atoms with Crippen LogP contribution in [0.1, 0.15) is 30.6 Å². The molecule has 5 nitrogen and oxygen atoms in total. The van der Waals surface area contributed by atoms with E-state index in [4.69, 9.17) is 0 Å². The van der Waals surface area contributed by atoms with Crippen LogP contribution in [0.3, 0.4) is 0 Å². The molecule has 6 heteroatoms. The summed E-state index contributed by atoms with van der Waals surface area (Å²) in [7, 11) is 2.10. The maximum absolute atomic E-state index is 12.5. The van der Waals surface area contributed by atoms with Gasteiger partial charge in [0.05, 0.1) is 6.42 Å². The lowest BCUT2D eigenvalue weighted by molar-refractivity contribution is -0.133. The Morgan fingerprint density at radius 2 is 1.92 bits per heavy atom. The smallest absolute Gasteiger partial charge is 0.227 e. The highest BCUT2D eigenvalue weighted by molar-refractivity contribution is 7.10. The third kappa shape index (κ3) is 5.28. The van der Waals surface area contributed by atoms with E-state index in [0.29, 0.717) is 18.8 Å². The van der Waals surface area contributed by atoms with Gasteiger partial charge in [-0.2, -0.15) is 0 Å². The van der Waals surface area contributed by atoms with Crippen LogP contribution in [0.25, 0.3) is 0 Å². The van der Waals surface area contributed by atoms with E-state index in [1.54, 1.807) is 11.3 Å². The number of hydrogen-bond acceptors (Lipinski definition) is 4. The van der Waals surface area contributed by atoms with Gasteiger partial charge in [0.1, 0.15) is 0 Å². The van der Waals surface area contributed by atoms with Crippen LogP contribution in [0.15, 0.2) is 17.5 Å². The number of thiophene rings is 1. The molecule has 0 radical (unpaired) electrons. The van der Waals surface area contributed by atoms with Gasteiger partial charge in [-0.1, -0.05) is 6.07 Å². The molecule has 25 heavy (non-hydrogen) atoms. The van der Waals surface area contributed by atoms with Crippen LogP contribution in [0.5, 0.6) is 0 Å². The summed E-state index contributed by atoms with van der Waals surface area (Å²) in [6, 6.07) is 4.02. The lowest BCUT2D eigenvalue weighted by Gasteiger charge is -2.34. The van der Waals surface area contributed by atoms with Crippen molar-refractivity contribution in [3.63, 3.8) is 0 Å². The average molecular weight is 364 g/mol. The molecular weight excluding hydrogens is 334 g/mol. The second-order valence-electron chi connectivity index (χ2n) is 7.33. The minimum absolute atomic E-state index is 0.234. The van der Waals surface area contributed by atoms with Gasteiger partial charge in [-0.25, -0.2) is 0 Å². The molecule has 1 aromatic heterocycles. The fraction of sp³-hybridized carbons (Fsp3) is 0.684. The molecule has 3 rings (SSSR count). The third-order valence-electron chi connectivity index (χ3n) is 5.40. The summed E-state index contributed by atoms with van der Waals surface area (Å²) in [4.78, 5) is 32.3. The summed E-state index contributed by atoms with van der Waals surface area (Å²) in [6.45, 7) is 5.34. The van der Waals surface area contributed by atoms with Crippen molar-refractivity contribution in [2.24, 2.45) is 5.92 Å². The molecular formula is C19H29N3O2S. The van der Waals surface area contributed by atoms with Crippen LogP contribution in [-0.2, 0) is 16.0 Å². The molecule has 1 unspecified atom stereocenters. The zero-order chi connectivity index (χ0) is 17.6. The van der Waals surface area contributed by atoms with Crippen molar-refractivity contribution in [2.75, 3.05) is 46.3 Å². The maximum atomic E-state index is 12.5. The zero-order valence-electron chi connectivity index (χ0n) is 15.2. The molecule has 2 aliphatic rings. The number of piperidine rings is 1. The minimum atomic E-state index is 0.234. The highest BCUT2D eigenvalue weighted by Crippen LogP contribution is 2.23. The van der Waals surface area contributed by atoms with E-state index in [2.05, 4.69) is 11.9 Å². The molecule has 0 N–H and O–H groups in total. The average Bonchev–Trinajstić information content (AvgIpc) is 3.13. The Balaban J connectivity index is 1.42. The van der Waals surface area contributed by atoms with Crippen LogP contribution in [0.4, 0.5) is 0 Å². The molecule has 0 aliphatic carbocycles. The summed E-state index contributed by atoms with van der Waals surface area (Å²) in [5, 5.41) is 2.02. The van der Waals surface area contributed by atoms with Crippen LogP contribution in [-0.4, -0.2) is 72.8 Å². The van der Waals surface area contributed by atoms with Gasteiger partial charge in [-0.05, 0) is 43.7 Å². The van der Waals surface area contributed by atoms with Gasteiger partial charge in [0.25, 0.3) is 0 Å². The number of carbonyl (C=O) groups is 2. The van der Waals surface area contributed by atoms with Crippen molar-refractivity contribution in [3.8, 4) is 0 Å². The van der Waals surface area contributed by atoms with Crippen LogP contribution in [0.2, 0.25) is 0 Å². The summed E-state index contributed by atoms with van der Waals surface area (Å²) in [6.07, 6.45) is 4.25. The molecule has 0 aromatic carbocycles. The van der Waals surface area contributed by atoms with Crippen LogP contribution in [0, 0.1) is 5.92 Å². The predicted octanol–water partition coefficient (Wildman–Crippen LogP) is 2.08. The number of nitrogens with zero attached hydrogens (tertiary/aromatic N) is 3. The lowest BCUT2D eigenvalue weighted by atomic mass is 9.93. The van der Waals surface area contributed by atoms with Gasteiger partial charge in [-0.15, -0.1) is 11.3 Å². The maximum Gasteiger partial charge on any atom is 0.227 e. The fourth-order valence-corrected chi connectivity index (χ4v) is 4.44. The first kappa shape index (κ1) is 18.4. The summed E-state index contributed by atoms with van der Waals surface area (Å²) < 4.78 is 0. The summed E-state index contributed by atoms with van der Waals surface area (Å²) in [5.41, 5.74) is 0. The molecule has 3 heterocycles. The second kappa shape index (κ2) is 8.81. The molecule has 138 valence electrons. The fourth-order valence-electron chi connectivity index (χ4n) is 3.74. The Bertz CT molecular complexity index is 567. The monoisotopic (exact) mass is 363 g/mol. The van der Waals surface area contributed by atoms with Gasteiger partial charge in [0, 0.05) is 50.6 Å². The topological polar surface area (TPSA) is 43.9 Å². The second-order valence-corrected chi connectivity index (χ2v) is 8.36. The van der Waals surface area contributed by atoms with Gasteiger partial charge in [0.2, 0.25) is 11.8 Å². The molecule has 2 aliphatic heterocycles. The molecule has 1 aromatic rings. The quantitative estimate of drug-likeness (QED) is 0.805. The third-order valence-corrected chi connectivity index (χ3v) is 6.28. The van der Waals surface area contributed by atoms with Crippen molar-refractivity contribution in [3.05, 3.63) is 22.4 Å². The Kier molecular flexibility index (Phi) is 6.48. The standard InChI is InChI=1S/C19H29N3O2S/c1-20-9-11-21(12-10-20)18(23)7-6-16-4-2-8-22(15-16)19(24)14-17-5-3-13-25-17/h3,5,13,16H,2,4,6-12,14-15H2,1H3. The zero-order valence-corrected chi connectivity index (χ0v) is 16.0. The number of likely N-dealkylation sites (N-methyl/N-ethyl adjacent to an activating group) is 1. The van der Waals surface area contributed by atoms with Crippen LogP contribution >= 0.6 is 11.3 Å². The highest BCUT2D eigenvalue weighted by Gasteiger charge is 2.25. The van der Waals surface area contributed by atoms with Crippen molar-refractivity contribution in [1.29, 1.82) is 0 Å². The summed E-state index contributed by atoms with van der Waals surface area (Å²) >= 11 is 1.65. The van der Waals surface area contributed by atoms with E-state index in [-0.39, 0.29) is 11.8 Å². The lowest BCUT2D eigenvalue weighted by Crippen LogP contribution is -2.47. The highest BCUT2D eigenvalue weighted by atomic mass is 32.1. The minimum Gasteiger partial charge on any atom is -0.342 e. The predicted molar refractivity (Wildman–Crippen MR) is 101 cm³/mol. The van der Waals surface area contributed by atoms with Gasteiger partial charge >= 0.3 is 0 Å². The SMILES string of the molecule is CN1CCN(C(=O)CCC2CCCN(C(=O)Cc3cccs3)C2)CC1. The first-order valence-electron chi connectivity index (χ1n) is 9.38. The number of likely N-dealkylation sites (tertiary alicyclic amines) is 1. The Labute approximate surface area is 154 Å². The molecule has 0 saturated carbocycles. The van der Waals surface area contributed by atoms with Gasteiger partial charge < -0.3 is 14.7 Å². The number of piperazine rings is 1. The number of amides is 2. The first-order chi connectivity index (χ1) is 12.1. The van der Waals surface area contributed by atoms with Crippen molar-refractivity contribution < 1.29 is 9.59 Å². The van der Waals surface area contributed by atoms with Crippen LogP contribution < -0.4 is 0 Å². The molecule has 2 saturated heterocycles.